The topological polar surface area (TPSA) is 118 Å². The number of rotatable bonds is 5. The summed E-state index contributed by atoms with van der Waals surface area (Å²) in [6.07, 6.45) is 4.79. The van der Waals surface area contributed by atoms with Crippen LogP contribution in [0.3, 0.4) is 0 Å². The minimum Gasteiger partial charge on any atom is -0.344 e. The van der Waals surface area contributed by atoms with E-state index in [4.69, 9.17) is 4.98 Å². The van der Waals surface area contributed by atoms with Gasteiger partial charge in [0.05, 0.1) is 18.3 Å². The Balaban J connectivity index is 1.42. The standard InChI is InChI=1S/C32H44N8O3/c1-22-26(23(2)37(4)35-22)15-16-29(41)38-17-10-14-30(42)39-18-9-8-13-28(39)32(43)34-27(21-25-11-6-5-7-12-25)31-33-24(3)36-40(31)20-19-38/h5-7,11-12,27-28H,8-10,13-21H2,1-4H3,(H,34,43)/t27-,28+/m1/s1. The summed E-state index contributed by atoms with van der Waals surface area (Å²) in [5, 5.41) is 12.4. The van der Waals surface area contributed by atoms with E-state index in [0.29, 0.717) is 76.4 Å². The maximum atomic E-state index is 13.7. The molecule has 2 aromatic heterocycles. The van der Waals surface area contributed by atoms with Crippen molar-refractivity contribution in [3.05, 3.63) is 64.5 Å². The number of nitrogens with one attached hydrogen (secondary N) is 1. The average molecular weight is 589 g/mol. The van der Waals surface area contributed by atoms with Gasteiger partial charge < -0.3 is 15.1 Å². The predicted octanol–water partition coefficient (Wildman–Crippen LogP) is 2.97. The molecule has 1 aromatic carbocycles. The lowest BCUT2D eigenvalue weighted by Gasteiger charge is -2.36. The van der Waals surface area contributed by atoms with Crippen LogP contribution >= 0.6 is 0 Å². The van der Waals surface area contributed by atoms with Gasteiger partial charge in [0.15, 0.2) is 0 Å². The summed E-state index contributed by atoms with van der Waals surface area (Å²) in [6.45, 7) is 7.77. The molecule has 0 aliphatic carbocycles. The third kappa shape index (κ3) is 7.14. The molecule has 5 rings (SSSR count). The van der Waals surface area contributed by atoms with Crippen LogP contribution in [0.2, 0.25) is 0 Å². The normalized spacial score (nSPS) is 20.3. The third-order valence-electron chi connectivity index (χ3n) is 8.84. The van der Waals surface area contributed by atoms with Crippen molar-refractivity contribution in [1.82, 2.24) is 39.7 Å². The number of aromatic nitrogens is 5. The Hall–Kier alpha value is -4.02. The van der Waals surface area contributed by atoms with E-state index in [1.165, 1.54) is 0 Å². The molecule has 1 fully saturated rings. The second kappa shape index (κ2) is 13.5. The van der Waals surface area contributed by atoms with Crippen LogP contribution in [0.15, 0.2) is 30.3 Å². The summed E-state index contributed by atoms with van der Waals surface area (Å²) < 4.78 is 3.70. The molecule has 230 valence electrons. The molecule has 0 spiro atoms. The Morgan fingerprint density at radius 3 is 2.51 bits per heavy atom. The van der Waals surface area contributed by atoms with E-state index in [9.17, 15) is 14.4 Å². The van der Waals surface area contributed by atoms with Crippen molar-refractivity contribution in [3.63, 3.8) is 0 Å². The van der Waals surface area contributed by atoms with Crippen LogP contribution in [0.1, 0.15) is 78.7 Å². The number of hydrogen-bond acceptors (Lipinski definition) is 6. The lowest BCUT2D eigenvalue weighted by molar-refractivity contribution is -0.143. The van der Waals surface area contributed by atoms with Gasteiger partial charge in [-0.1, -0.05) is 30.3 Å². The predicted molar refractivity (Wildman–Crippen MR) is 162 cm³/mol. The fourth-order valence-corrected chi connectivity index (χ4v) is 6.43. The summed E-state index contributed by atoms with van der Waals surface area (Å²) in [7, 11) is 1.92. The molecule has 43 heavy (non-hydrogen) atoms. The minimum atomic E-state index is -0.511. The van der Waals surface area contributed by atoms with Crippen LogP contribution in [0, 0.1) is 20.8 Å². The van der Waals surface area contributed by atoms with Crippen molar-refractivity contribution in [3.8, 4) is 0 Å². The molecule has 4 heterocycles. The molecular weight excluding hydrogens is 544 g/mol. The van der Waals surface area contributed by atoms with Crippen LogP contribution in [0.25, 0.3) is 0 Å². The molecule has 1 N–H and O–H groups in total. The van der Waals surface area contributed by atoms with Gasteiger partial charge in [0.2, 0.25) is 17.7 Å². The molecular formula is C32H44N8O3. The maximum Gasteiger partial charge on any atom is 0.243 e. The number of hydrogen-bond donors (Lipinski definition) is 1. The van der Waals surface area contributed by atoms with Gasteiger partial charge in [-0.15, -0.1) is 0 Å². The fraction of sp³-hybridized carbons (Fsp3) is 0.562. The summed E-state index contributed by atoms with van der Waals surface area (Å²) >= 11 is 0. The second-order valence-electron chi connectivity index (χ2n) is 11.8. The molecule has 2 aliphatic rings. The molecule has 0 unspecified atom stereocenters. The van der Waals surface area contributed by atoms with Crippen LogP contribution in [0.5, 0.6) is 0 Å². The van der Waals surface area contributed by atoms with E-state index in [1.54, 1.807) is 4.90 Å². The average Bonchev–Trinajstić information content (AvgIpc) is 3.49. The number of aryl methyl sites for hydroxylation is 3. The molecule has 11 heteroatoms. The Morgan fingerprint density at radius 2 is 1.77 bits per heavy atom. The molecule has 3 amide bonds. The molecule has 0 saturated carbocycles. The maximum absolute atomic E-state index is 13.7. The van der Waals surface area contributed by atoms with Gasteiger partial charge in [-0.2, -0.15) is 10.2 Å². The van der Waals surface area contributed by atoms with Crippen LogP contribution in [-0.2, 0) is 40.8 Å². The largest absolute Gasteiger partial charge is 0.344 e. The lowest BCUT2D eigenvalue weighted by Crippen LogP contribution is -2.53. The second-order valence-corrected chi connectivity index (χ2v) is 11.8. The number of amides is 3. The van der Waals surface area contributed by atoms with Crippen molar-refractivity contribution in [2.24, 2.45) is 7.05 Å². The van der Waals surface area contributed by atoms with Gasteiger partial charge in [0.1, 0.15) is 17.7 Å². The Morgan fingerprint density at radius 1 is 0.977 bits per heavy atom. The summed E-state index contributed by atoms with van der Waals surface area (Å²) in [6, 6.07) is 9.06. The highest BCUT2D eigenvalue weighted by molar-refractivity contribution is 5.88. The first kappa shape index (κ1) is 30.4. The van der Waals surface area contributed by atoms with Crippen molar-refractivity contribution < 1.29 is 14.4 Å². The van der Waals surface area contributed by atoms with Crippen LogP contribution in [-0.4, -0.2) is 77.7 Å². The van der Waals surface area contributed by atoms with E-state index >= 15 is 0 Å². The smallest absolute Gasteiger partial charge is 0.243 e. The molecule has 1 saturated heterocycles. The van der Waals surface area contributed by atoms with Gasteiger partial charge in [-0.3, -0.25) is 19.1 Å². The van der Waals surface area contributed by atoms with Crippen LogP contribution in [0.4, 0.5) is 0 Å². The highest BCUT2D eigenvalue weighted by Gasteiger charge is 2.34. The molecule has 0 radical (unpaired) electrons. The summed E-state index contributed by atoms with van der Waals surface area (Å²) in [4.78, 5) is 49.1. The first-order chi connectivity index (χ1) is 20.7. The van der Waals surface area contributed by atoms with E-state index < -0.39 is 12.1 Å². The van der Waals surface area contributed by atoms with E-state index in [2.05, 4.69) is 15.5 Å². The van der Waals surface area contributed by atoms with Gasteiger partial charge in [0.25, 0.3) is 0 Å². The number of benzene rings is 1. The van der Waals surface area contributed by atoms with E-state index in [0.717, 1.165) is 35.4 Å². The van der Waals surface area contributed by atoms with Crippen molar-refractivity contribution >= 4 is 17.7 Å². The van der Waals surface area contributed by atoms with Gasteiger partial charge >= 0.3 is 0 Å². The monoisotopic (exact) mass is 588 g/mol. The Bertz CT molecular complexity index is 1450. The highest BCUT2D eigenvalue weighted by atomic mass is 16.2. The zero-order valence-corrected chi connectivity index (χ0v) is 25.9. The molecule has 2 aliphatic heterocycles. The SMILES string of the molecule is Cc1nc2n(n1)CCN(C(=O)CCc1c(C)nn(C)c1C)CCCC(=O)N1CCCC[C@H]1C(=O)N[C@@H]2Cc1ccccc1. The highest BCUT2D eigenvalue weighted by Crippen LogP contribution is 2.23. The van der Waals surface area contributed by atoms with Crippen molar-refractivity contribution in [1.29, 1.82) is 0 Å². The molecule has 0 bridgehead atoms. The lowest BCUT2D eigenvalue weighted by atomic mass is 9.99. The molecule has 3 aromatic rings. The zero-order valence-electron chi connectivity index (χ0n) is 25.9. The fourth-order valence-electron chi connectivity index (χ4n) is 6.43. The Labute approximate surface area is 253 Å². The van der Waals surface area contributed by atoms with Crippen LogP contribution < -0.4 is 5.32 Å². The molecule has 2 atom stereocenters. The third-order valence-corrected chi connectivity index (χ3v) is 8.84. The zero-order chi connectivity index (χ0) is 30.5. The molecule has 11 nitrogen and oxygen atoms in total. The first-order valence-electron chi connectivity index (χ1n) is 15.5. The number of nitrogens with zero attached hydrogens (tertiary/aromatic N) is 7. The van der Waals surface area contributed by atoms with Gasteiger partial charge in [-0.05, 0) is 70.4 Å². The number of carbonyl (C=O) groups is 3. The van der Waals surface area contributed by atoms with Gasteiger partial charge in [-0.25, -0.2) is 9.67 Å². The Kier molecular flexibility index (Phi) is 9.57. The number of fused-ring (bicyclic) bond motifs is 2. The summed E-state index contributed by atoms with van der Waals surface area (Å²) in [5.41, 5.74) is 4.19. The van der Waals surface area contributed by atoms with E-state index in [1.807, 2.05) is 72.4 Å². The quantitative estimate of drug-likeness (QED) is 0.490. The first-order valence-corrected chi connectivity index (χ1v) is 15.5. The van der Waals surface area contributed by atoms with Crippen molar-refractivity contribution in [2.75, 3.05) is 19.6 Å². The number of piperidine rings is 1. The van der Waals surface area contributed by atoms with Crippen molar-refractivity contribution in [2.45, 2.75) is 90.8 Å². The van der Waals surface area contributed by atoms with Gasteiger partial charge in [0, 0.05) is 45.2 Å². The minimum absolute atomic E-state index is 0.0236. The number of carbonyl (C=O) groups excluding carboxylic acids is 3. The van der Waals surface area contributed by atoms with E-state index in [-0.39, 0.29) is 17.7 Å². The summed E-state index contributed by atoms with van der Waals surface area (Å²) in [5.74, 6) is 1.15.